The first-order valence-electron chi connectivity index (χ1n) is 9.93. The third-order valence-electron chi connectivity index (χ3n) is 4.72. The summed E-state index contributed by atoms with van der Waals surface area (Å²) in [5.41, 5.74) is 0.352. The average molecular weight is 358 g/mol. The highest BCUT2D eigenvalue weighted by molar-refractivity contribution is 5.79. The van der Waals surface area contributed by atoms with Crippen molar-refractivity contribution >= 4 is 5.96 Å². The van der Waals surface area contributed by atoms with Crippen molar-refractivity contribution in [1.82, 2.24) is 10.6 Å². The Morgan fingerprint density at radius 1 is 1.00 bits per heavy atom. The van der Waals surface area contributed by atoms with Crippen molar-refractivity contribution in [3.8, 4) is 0 Å². The maximum atomic E-state index is 5.59. The summed E-state index contributed by atoms with van der Waals surface area (Å²) in [4.78, 5) is 4.79. The number of rotatable bonds is 15. The first-order valence-corrected chi connectivity index (χ1v) is 9.93. The Balaban J connectivity index is 2.18. The Bertz CT molecular complexity index is 347. The Labute approximate surface area is 154 Å². The van der Waals surface area contributed by atoms with E-state index >= 15 is 0 Å². The highest BCUT2D eigenvalue weighted by Gasteiger charge is 2.36. The standard InChI is InChI=1S/C19H39N3O3/c1-4-6-12-24-15-16-25-14-11-21-18(20-5-2)22-17-19(8-7-9-19)10-13-23-3/h4-17H2,1-3H3,(H2,20,21,22). The minimum absolute atomic E-state index is 0.352. The zero-order valence-electron chi connectivity index (χ0n) is 16.6. The van der Waals surface area contributed by atoms with Gasteiger partial charge in [0.15, 0.2) is 5.96 Å². The zero-order chi connectivity index (χ0) is 18.2. The van der Waals surface area contributed by atoms with E-state index in [0.717, 1.165) is 51.6 Å². The highest BCUT2D eigenvalue weighted by Crippen LogP contribution is 2.44. The van der Waals surface area contributed by atoms with Crippen LogP contribution in [0.1, 0.15) is 52.4 Å². The zero-order valence-corrected chi connectivity index (χ0v) is 16.6. The van der Waals surface area contributed by atoms with Gasteiger partial charge in [0.2, 0.25) is 0 Å². The first kappa shape index (κ1) is 22.2. The van der Waals surface area contributed by atoms with Crippen molar-refractivity contribution in [1.29, 1.82) is 0 Å². The Morgan fingerprint density at radius 2 is 1.76 bits per heavy atom. The maximum absolute atomic E-state index is 5.59. The van der Waals surface area contributed by atoms with Crippen LogP contribution in [-0.4, -0.2) is 65.7 Å². The van der Waals surface area contributed by atoms with E-state index in [4.69, 9.17) is 19.2 Å². The molecule has 0 radical (unpaired) electrons. The van der Waals surface area contributed by atoms with Crippen LogP contribution in [0.3, 0.4) is 0 Å². The van der Waals surface area contributed by atoms with E-state index in [1.165, 1.54) is 25.7 Å². The van der Waals surface area contributed by atoms with Gasteiger partial charge in [0, 0.05) is 40.0 Å². The number of hydrogen-bond donors (Lipinski definition) is 2. The minimum atomic E-state index is 0.352. The van der Waals surface area contributed by atoms with Gasteiger partial charge in [-0.2, -0.15) is 0 Å². The number of guanidine groups is 1. The van der Waals surface area contributed by atoms with Crippen LogP contribution in [0.2, 0.25) is 0 Å². The maximum Gasteiger partial charge on any atom is 0.191 e. The van der Waals surface area contributed by atoms with E-state index in [2.05, 4.69) is 24.5 Å². The van der Waals surface area contributed by atoms with Gasteiger partial charge in [-0.25, -0.2) is 0 Å². The molecule has 1 aliphatic carbocycles. The topological polar surface area (TPSA) is 64.1 Å². The van der Waals surface area contributed by atoms with E-state index in [1.54, 1.807) is 7.11 Å². The van der Waals surface area contributed by atoms with Gasteiger partial charge in [-0.3, -0.25) is 4.99 Å². The van der Waals surface area contributed by atoms with Crippen LogP contribution in [-0.2, 0) is 14.2 Å². The number of unbranched alkanes of at least 4 members (excludes halogenated alkanes) is 1. The van der Waals surface area contributed by atoms with Crippen molar-refractivity contribution in [2.24, 2.45) is 10.4 Å². The van der Waals surface area contributed by atoms with Gasteiger partial charge >= 0.3 is 0 Å². The number of aliphatic imine (C=N–C) groups is 1. The molecule has 0 unspecified atom stereocenters. The van der Waals surface area contributed by atoms with E-state index in [-0.39, 0.29) is 0 Å². The molecule has 0 amide bonds. The second-order valence-corrected chi connectivity index (χ2v) is 6.80. The third-order valence-corrected chi connectivity index (χ3v) is 4.72. The molecule has 6 heteroatoms. The largest absolute Gasteiger partial charge is 0.385 e. The summed E-state index contributed by atoms with van der Waals surface area (Å²) in [6.07, 6.45) is 7.24. The monoisotopic (exact) mass is 357 g/mol. The molecule has 0 bridgehead atoms. The number of nitrogens with one attached hydrogen (secondary N) is 2. The third kappa shape index (κ3) is 10.0. The molecule has 1 rings (SSSR count). The van der Waals surface area contributed by atoms with Crippen LogP contribution < -0.4 is 10.6 Å². The summed E-state index contributed by atoms with van der Waals surface area (Å²) in [6, 6.07) is 0. The fraction of sp³-hybridized carbons (Fsp3) is 0.947. The number of ether oxygens (including phenoxy) is 3. The van der Waals surface area contributed by atoms with Crippen LogP contribution >= 0.6 is 0 Å². The molecule has 0 atom stereocenters. The van der Waals surface area contributed by atoms with Crippen molar-refractivity contribution in [3.05, 3.63) is 0 Å². The Hall–Kier alpha value is -0.850. The molecule has 0 aliphatic heterocycles. The fourth-order valence-electron chi connectivity index (χ4n) is 2.88. The summed E-state index contributed by atoms with van der Waals surface area (Å²) in [5, 5.41) is 6.66. The summed E-state index contributed by atoms with van der Waals surface area (Å²) < 4.78 is 16.3. The summed E-state index contributed by atoms with van der Waals surface area (Å²) in [7, 11) is 1.77. The van der Waals surface area contributed by atoms with Crippen LogP contribution in [0.25, 0.3) is 0 Å². The lowest BCUT2D eigenvalue weighted by molar-refractivity contribution is 0.0487. The molecular formula is C19H39N3O3. The van der Waals surface area contributed by atoms with E-state index in [1.807, 2.05) is 0 Å². The van der Waals surface area contributed by atoms with Gasteiger partial charge in [-0.1, -0.05) is 19.8 Å². The van der Waals surface area contributed by atoms with Crippen molar-refractivity contribution in [2.75, 3.05) is 59.8 Å². The number of methoxy groups -OCH3 is 1. The lowest BCUT2D eigenvalue weighted by Gasteiger charge is -2.40. The molecule has 6 nitrogen and oxygen atoms in total. The lowest BCUT2D eigenvalue weighted by atomic mass is 9.67. The van der Waals surface area contributed by atoms with Crippen molar-refractivity contribution in [3.63, 3.8) is 0 Å². The van der Waals surface area contributed by atoms with Gasteiger partial charge in [0.1, 0.15) is 0 Å². The molecule has 1 saturated carbocycles. The lowest BCUT2D eigenvalue weighted by Crippen LogP contribution is -2.41. The van der Waals surface area contributed by atoms with Gasteiger partial charge in [-0.15, -0.1) is 0 Å². The molecule has 148 valence electrons. The molecule has 0 saturated heterocycles. The number of nitrogens with zero attached hydrogens (tertiary/aromatic N) is 1. The van der Waals surface area contributed by atoms with Crippen molar-refractivity contribution in [2.45, 2.75) is 52.4 Å². The van der Waals surface area contributed by atoms with E-state index in [9.17, 15) is 0 Å². The minimum Gasteiger partial charge on any atom is -0.385 e. The van der Waals surface area contributed by atoms with Crippen LogP contribution in [0.15, 0.2) is 4.99 Å². The molecule has 0 heterocycles. The van der Waals surface area contributed by atoms with E-state index in [0.29, 0.717) is 25.2 Å². The normalized spacial score (nSPS) is 16.5. The SMILES string of the molecule is CCCCOCCOCCNC(=NCC1(CCOC)CCC1)NCC. The molecule has 25 heavy (non-hydrogen) atoms. The van der Waals surface area contributed by atoms with Gasteiger partial charge in [-0.05, 0) is 38.0 Å². The summed E-state index contributed by atoms with van der Waals surface area (Å²) >= 11 is 0. The van der Waals surface area contributed by atoms with Crippen molar-refractivity contribution < 1.29 is 14.2 Å². The van der Waals surface area contributed by atoms with Crippen LogP contribution in [0.5, 0.6) is 0 Å². The molecule has 0 aromatic rings. The molecule has 1 fully saturated rings. The molecular weight excluding hydrogens is 318 g/mol. The van der Waals surface area contributed by atoms with Crippen LogP contribution in [0.4, 0.5) is 0 Å². The van der Waals surface area contributed by atoms with Gasteiger partial charge < -0.3 is 24.8 Å². The fourth-order valence-corrected chi connectivity index (χ4v) is 2.88. The predicted molar refractivity (Wildman–Crippen MR) is 103 cm³/mol. The number of hydrogen-bond acceptors (Lipinski definition) is 4. The predicted octanol–water partition coefficient (Wildman–Crippen LogP) is 2.58. The average Bonchev–Trinajstić information content (AvgIpc) is 2.59. The second-order valence-electron chi connectivity index (χ2n) is 6.80. The first-order chi connectivity index (χ1) is 12.3. The molecule has 0 aromatic carbocycles. The van der Waals surface area contributed by atoms with E-state index < -0.39 is 0 Å². The molecule has 0 aromatic heterocycles. The Morgan fingerprint density at radius 3 is 2.36 bits per heavy atom. The second kappa shape index (κ2) is 14.3. The smallest absolute Gasteiger partial charge is 0.191 e. The summed E-state index contributed by atoms with van der Waals surface area (Å²) in [6.45, 7) is 10.4. The van der Waals surface area contributed by atoms with Crippen LogP contribution in [0, 0.1) is 5.41 Å². The Kier molecular flexibility index (Phi) is 12.7. The van der Waals surface area contributed by atoms with Gasteiger partial charge in [0.25, 0.3) is 0 Å². The summed E-state index contributed by atoms with van der Waals surface area (Å²) in [5.74, 6) is 0.883. The van der Waals surface area contributed by atoms with Gasteiger partial charge in [0.05, 0.1) is 19.8 Å². The highest BCUT2D eigenvalue weighted by atomic mass is 16.5. The quantitative estimate of drug-likeness (QED) is 0.268. The molecule has 0 spiro atoms. The molecule has 1 aliphatic rings. The molecule has 2 N–H and O–H groups in total.